The van der Waals surface area contributed by atoms with E-state index < -0.39 is 11.9 Å². The van der Waals surface area contributed by atoms with E-state index in [1.807, 2.05) is 60.7 Å². The lowest BCUT2D eigenvalue weighted by molar-refractivity contribution is -0.152. The number of rotatable bonds is 6. The molecule has 0 saturated carbocycles. The van der Waals surface area contributed by atoms with E-state index in [0.717, 1.165) is 11.1 Å². The molecule has 0 aromatic heterocycles. The highest BCUT2D eigenvalue weighted by Gasteiger charge is 2.30. The summed E-state index contributed by atoms with van der Waals surface area (Å²) in [6.45, 7) is 0.605. The summed E-state index contributed by atoms with van der Waals surface area (Å²) in [5.41, 5.74) is 1.95. The number of hydrogen-bond acceptors (Lipinski definition) is 4. The Bertz CT molecular complexity index is 750. The minimum Gasteiger partial charge on any atom is -0.493 e. The molecule has 0 spiro atoms. The standard InChI is InChI=1S/C21H20O4/c22-20-13-18(24-14-16-7-3-1-4-8-16)11-12-19(20)21(23)25-15-17-9-5-2-6-10-17/h1-10,13,19H,11-12,14-15H2. The number of carbonyl (C=O) groups is 2. The van der Waals surface area contributed by atoms with E-state index in [-0.39, 0.29) is 12.4 Å². The summed E-state index contributed by atoms with van der Waals surface area (Å²) in [5, 5.41) is 0. The molecule has 0 radical (unpaired) electrons. The molecule has 0 amide bonds. The topological polar surface area (TPSA) is 52.6 Å². The number of ketones is 1. The molecule has 4 nitrogen and oxygen atoms in total. The number of benzene rings is 2. The number of allylic oxidation sites excluding steroid dienone is 2. The van der Waals surface area contributed by atoms with Crippen LogP contribution in [0, 0.1) is 5.92 Å². The van der Waals surface area contributed by atoms with Gasteiger partial charge in [-0.3, -0.25) is 9.59 Å². The molecule has 0 heterocycles. The zero-order chi connectivity index (χ0) is 17.5. The van der Waals surface area contributed by atoms with Crippen LogP contribution in [0.25, 0.3) is 0 Å². The summed E-state index contributed by atoms with van der Waals surface area (Å²) in [5.74, 6) is -0.812. The predicted octanol–water partition coefficient (Wildman–Crippen LogP) is 3.81. The first-order valence-corrected chi connectivity index (χ1v) is 8.34. The summed E-state index contributed by atoms with van der Waals surface area (Å²) in [7, 11) is 0. The maximum Gasteiger partial charge on any atom is 0.317 e. The van der Waals surface area contributed by atoms with Crippen molar-refractivity contribution in [2.24, 2.45) is 5.92 Å². The van der Waals surface area contributed by atoms with Crippen LogP contribution in [0.5, 0.6) is 0 Å². The van der Waals surface area contributed by atoms with Gasteiger partial charge in [-0.2, -0.15) is 0 Å². The van der Waals surface area contributed by atoms with Crippen LogP contribution in [-0.4, -0.2) is 11.8 Å². The van der Waals surface area contributed by atoms with Crippen LogP contribution < -0.4 is 0 Å². The number of ether oxygens (including phenoxy) is 2. The largest absolute Gasteiger partial charge is 0.493 e. The third-order valence-electron chi connectivity index (χ3n) is 4.10. The second-order valence-corrected chi connectivity index (χ2v) is 5.97. The zero-order valence-corrected chi connectivity index (χ0v) is 13.9. The van der Waals surface area contributed by atoms with Crippen LogP contribution in [0.4, 0.5) is 0 Å². The van der Waals surface area contributed by atoms with Crippen molar-refractivity contribution in [3.8, 4) is 0 Å². The lowest BCUT2D eigenvalue weighted by Gasteiger charge is -2.20. The Morgan fingerprint density at radius 2 is 1.52 bits per heavy atom. The van der Waals surface area contributed by atoms with Crippen LogP contribution in [0.3, 0.4) is 0 Å². The van der Waals surface area contributed by atoms with E-state index in [1.54, 1.807) is 0 Å². The Labute approximate surface area is 147 Å². The SMILES string of the molecule is O=C1C=C(OCc2ccccc2)CCC1C(=O)OCc1ccccc1. The highest BCUT2D eigenvalue weighted by atomic mass is 16.5. The van der Waals surface area contributed by atoms with Gasteiger partial charge in [0.1, 0.15) is 24.9 Å². The van der Waals surface area contributed by atoms with Crippen molar-refractivity contribution in [3.05, 3.63) is 83.6 Å². The van der Waals surface area contributed by atoms with Crippen molar-refractivity contribution in [2.75, 3.05) is 0 Å². The maximum atomic E-state index is 12.2. The molecule has 1 atom stereocenters. The molecular weight excluding hydrogens is 316 g/mol. The minimum absolute atomic E-state index is 0.185. The average Bonchev–Trinajstić information content (AvgIpc) is 2.66. The van der Waals surface area contributed by atoms with Gasteiger partial charge >= 0.3 is 5.97 Å². The predicted molar refractivity (Wildman–Crippen MR) is 93.3 cm³/mol. The second kappa shape index (κ2) is 8.29. The van der Waals surface area contributed by atoms with Crippen LogP contribution in [0.1, 0.15) is 24.0 Å². The van der Waals surface area contributed by atoms with Crippen molar-refractivity contribution in [2.45, 2.75) is 26.1 Å². The summed E-state index contributed by atoms with van der Waals surface area (Å²) in [4.78, 5) is 24.4. The summed E-state index contributed by atoms with van der Waals surface area (Å²) < 4.78 is 11.0. The average molecular weight is 336 g/mol. The first-order valence-electron chi connectivity index (χ1n) is 8.34. The van der Waals surface area contributed by atoms with Crippen LogP contribution >= 0.6 is 0 Å². The van der Waals surface area contributed by atoms with E-state index in [2.05, 4.69) is 0 Å². The third kappa shape index (κ3) is 4.80. The van der Waals surface area contributed by atoms with Crippen molar-refractivity contribution < 1.29 is 19.1 Å². The normalized spacial score (nSPS) is 16.9. The lowest BCUT2D eigenvalue weighted by Crippen LogP contribution is -2.28. The molecule has 0 saturated heterocycles. The number of hydrogen-bond donors (Lipinski definition) is 0. The molecule has 0 bridgehead atoms. The van der Waals surface area contributed by atoms with Gasteiger partial charge in [0, 0.05) is 12.5 Å². The zero-order valence-electron chi connectivity index (χ0n) is 13.9. The second-order valence-electron chi connectivity index (χ2n) is 5.97. The lowest BCUT2D eigenvalue weighted by atomic mass is 9.92. The molecule has 3 rings (SSSR count). The molecule has 4 heteroatoms. The Kier molecular flexibility index (Phi) is 5.62. The van der Waals surface area contributed by atoms with Gasteiger partial charge < -0.3 is 9.47 Å². The molecule has 2 aromatic carbocycles. The number of carbonyl (C=O) groups excluding carboxylic acids is 2. The van der Waals surface area contributed by atoms with Gasteiger partial charge in [-0.25, -0.2) is 0 Å². The Morgan fingerprint density at radius 1 is 0.920 bits per heavy atom. The third-order valence-corrected chi connectivity index (χ3v) is 4.10. The fourth-order valence-corrected chi connectivity index (χ4v) is 2.69. The minimum atomic E-state index is -0.729. The highest BCUT2D eigenvalue weighted by molar-refractivity contribution is 6.05. The maximum absolute atomic E-state index is 12.2. The monoisotopic (exact) mass is 336 g/mol. The van der Waals surface area contributed by atoms with E-state index in [9.17, 15) is 9.59 Å². The van der Waals surface area contributed by atoms with Gasteiger partial charge in [-0.15, -0.1) is 0 Å². The Hall–Kier alpha value is -2.88. The molecule has 0 fully saturated rings. The number of esters is 1. The van der Waals surface area contributed by atoms with Crippen molar-refractivity contribution in [1.82, 2.24) is 0 Å². The summed E-state index contributed by atoms with van der Waals surface area (Å²) >= 11 is 0. The Morgan fingerprint density at radius 3 is 2.12 bits per heavy atom. The van der Waals surface area contributed by atoms with E-state index in [1.165, 1.54) is 6.08 Å². The van der Waals surface area contributed by atoms with Gasteiger partial charge in [-0.1, -0.05) is 60.7 Å². The van der Waals surface area contributed by atoms with Gasteiger partial charge in [0.05, 0.1) is 0 Å². The van der Waals surface area contributed by atoms with Gasteiger partial charge in [0.15, 0.2) is 5.78 Å². The summed E-state index contributed by atoms with van der Waals surface area (Å²) in [6.07, 6.45) is 2.41. The summed E-state index contributed by atoms with van der Waals surface area (Å²) in [6, 6.07) is 19.2. The first-order chi connectivity index (χ1) is 12.2. The molecule has 2 aromatic rings. The van der Waals surface area contributed by atoms with Crippen LogP contribution in [-0.2, 0) is 32.3 Å². The van der Waals surface area contributed by atoms with E-state index in [0.29, 0.717) is 25.2 Å². The molecule has 0 aliphatic heterocycles. The van der Waals surface area contributed by atoms with E-state index >= 15 is 0 Å². The first kappa shape index (κ1) is 17.0. The van der Waals surface area contributed by atoms with Crippen molar-refractivity contribution >= 4 is 11.8 Å². The molecule has 1 aliphatic carbocycles. The highest BCUT2D eigenvalue weighted by Crippen LogP contribution is 2.24. The van der Waals surface area contributed by atoms with Gasteiger partial charge in [0.2, 0.25) is 0 Å². The molecule has 25 heavy (non-hydrogen) atoms. The van der Waals surface area contributed by atoms with Crippen LogP contribution in [0.2, 0.25) is 0 Å². The van der Waals surface area contributed by atoms with E-state index in [4.69, 9.17) is 9.47 Å². The Balaban J connectivity index is 1.51. The smallest absolute Gasteiger partial charge is 0.317 e. The van der Waals surface area contributed by atoms with Crippen LogP contribution in [0.15, 0.2) is 72.5 Å². The molecule has 128 valence electrons. The quantitative estimate of drug-likeness (QED) is 0.594. The van der Waals surface area contributed by atoms with Gasteiger partial charge in [0.25, 0.3) is 0 Å². The molecule has 0 N–H and O–H groups in total. The molecule has 1 unspecified atom stereocenters. The molecule has 1 aliphatic rings. The fourth-order valence-electron chi connectivity index (χ4n) is 2.69. The van der Waals surface area contributed by atoms with Crippen molar-refractivity contribution in [1.29, 1.82) is 0 Å². The van der Waals surface area contributed by atoms with Gasteiger partial charge in [-0.05, 0) is 17.5 Å². The van der Waals surface area contributed by atoms with Crippen molar-refractivity contribution in [3.63, 3.8) is 0 Å². The molecular formula is C21H20O4. The fraction of sp³-hybridized carbons (Fsp3) is 0.238.